The van der Waals surface area contributed by atoms with Crippen LogP contribution in [0, 0.1) is 0 Å². The van der Waals surface area contributed by atoms with Gasteiger partial charge in [0, 0.05) is 43.0 Å². The Kier molecular flexibility index (Phi) is 6.71. The van der Waals surface area contributed by atoms with Crippen molar-refractivity contribution in [3.05, 3.63) is 83.6 Å². The number of hydrogen-bond acceptors (Lipinski definition) is 5. The van der Waals surface area contributed by atoms with Gasteiger partial charge >= 0.3 is 0 Å². The maximum absolute atomic E-state index is 13.2. The van der Waals surface area contributed by atoms with E-state index in [0.29, 0.717) is 36.6 Å². The number of aromatic nitrogens is 1. The summed E-state index contributed by atoms with van der Waals surface area (Å²) in [6.45, 7) is 0.742. The Labute approximate surface area is 210 Å². The molecule has 1 amide bonds. The molecule has 2 heterocycles. The van der Waals surface area contributed by atoms with Gasteiger partial charge in [0.15, 0.2) is 23.0 Å². The molecule has 1 aliphatic rings. The molecule has 3 aromatic carbocycles. The molecule has 1 aliphatic heterocycles. The average Bonchev–Trinajstić information content (AvgIpc) is 3.51. The lowest BCUT2D eigenvalue weighted by Crippen LogP contribution is -2.27. The summed E-state index contributed by atoms with van der Waals surface area (Å²) in [5.41, 5.74) is 4.33. The molecule has 1 aromatic heterocycles. The Morgan fingerprint density at radius 3 is 2.64 bits per heavy atom. The minimum atomic E-state index is -0.133. The van der Waals surface area contributed by atoms with Gasteiger partial charge in [0.25, 0.3) is 0 Å². The fraction of sp³-hybridized carbons (Fsp3) is 0.276. The molecule has 36 heavy (non-hydrogen) atoms. The van der Waals surface area contributed by atoms with Gasteiger partial charge in [-0.2, -0.15) is 0 Å². The highest BCUT2D eigenvalue weighted by Gasteiger charge is 2.24. The number of methoxy groups -OCH3 is 2. The van der Waals surface area contributed by atoms with Crippen LogP contribution in [0.25, 0.3) is 10.9 Å². The molecule has 4 aromatic rings. The largest absolute Gasteiger partial charge is 0.493 e. The Balaban J connectivity index is 1.35. The van der Waals surface area contributed by atoms with Crippen molar-refractivity contribution in [2.45, 2.75) is 18.8 Å². The zero-order valence-corrected chi connectivity index (χ0v) is 20.7. The molecule has 1 atom stereocenters. The number of aryl methyl sites for hydroxylation is 1. The van der Waals surface area contributed by atoms with Crippen molar-refractivity contribution in [1.82, 2.24) is 9.88 Å². The molecule has 0 unspecified atom stereocenters. The Morgan fingerprint density at radius 1 is 1.00 bits per heavy atom. The third-order valence-corrected chi connectivity index (χ3v) is 6.68. The van der Waals surface area contributed by atoms with Gasteiger partial charge in [-0.3, -0.25) is 4.79 Å². The molecule has 0 fully saturated rings. The predicted octanol–water partition coefficient (Wildman–Crippen LogP) is 4.81. The van der Waals surface area contributed by atoms with Crippen LogP contribution in [0.2, 0.25) is 0 Å². The average molecular weight is 487 g/mol. The first kappa shape index (κ1) is 23.6. The number of nitrogens with one attached hydrogen (secondary N) is 1. The molecule has 1 N–H and O–H groups in total. The molecule has 5 rings (SSSR count). The number of carbonyl (C=O) groups is 1. The number of rotatable bonds is 9. The Hall–Kier alpha value is -4.13. The summed E-state index contributed by atoms with van der Waals surface area (Å²) in [6, 6.07) is 20.0. The summed E-state index contributed by atoms with van der Waals surface area (Å²) >= 11 is 0. The zero-order chi connectivity index (χ0) is 25.1. The van der Waals surface area contributed by atoms with Crippen LogP contribution in [0.5, 0.6) is 23.0 Å². The van der Waals surface area contributed by atoms with E-state index in [2.05, 4.69) is 28.2 Å². The van der Waals surface area contributed by atoms with Crippen LogP contribution >= 0.6 is 0 Å². The van der Waals surface area contributed by atoms with Crippen molar-refractivity contribution >= 4 is 16.8 Å². The van der Waals surface area contributed by atoms with Crippen LogP contribution in [0.1, 0.15) is 29.0 Å². The van der Waals surface area contributed by atoms with Crippen LogP contribution in [0.4, 0.5) is 0 Å². The summed E-state index contributed by atoms with van der Waals surface area (Å²) in [6.07, 6.45) is 3.13. The van der Waals surface area contributed by atoms with Crippen molar-refractivity contribution in [2.24, 2.45) is 7.05 Å². The normalized spacial score (nSPS) is 13.0. The smallest absolute Gasteiger partial charge is 0.231 e. The molecular weight excluding hydrogens is 456 g/mol. The van der Waals surface area contributed by atoms with Crippen molar-refractivity contribution in [1.29, 1.82) is 0 Å². The molecule has 0 radical (unpaired) electrons. The molecule has 0 bridgehead atoms. The van der Waals surface area contributed by atoms with E-state index in [4.69, 9.17) is 18.9 Å². The first-order valence-electron chi connectivity index (χ1n) is 12.0. The number of para-hydroxylation sites is 1. The van der Waals surface area contributed by atoms with Gasteiger partial charge in [-0.05, 0) is 53.4 Å². The SMILES string of the molecule is COc1ccc(CCNC(=O)C[C@@H](c2ccc3c(c2)OCO3)c2cn(C)c3ccccc23)cc1OC. The third kappa shape index (κ3) is 4.69. The summed E-state index contributed by atoms with van der Waals surface area (Å²) in [4.78, 5) is 13.2. The predicted molar refractivity (Wildman–Crippen MR) is 138 cm³/mol. The van der Waals surface area contributed by atoms with E-state index in [-0.39, 0.29) is 18.6 Å². The number of nitrogens with zero attached hydrogens (tertiary/aromatic N) is 1. The molecule has 7 nitrogen and oxygen atoms in total. The molecular formula is C29H30N2O5. The van der Waals surface area contributed by atoms with E-state index in [1.54, 1.807) is 14.2 Å². The molecule has 186 valence electrons. The summed E-state index contributed by atoms with van der Waals surface area (Å²) in [5.74, 6) is 2.67. The molecule has 0 saturated carbocycles. The van der Waals surface area contributed by atoms with Gasteiger partial charge in [-0.25, -0.2) is 0 Å². The summed E-state index contributed by atoms with van der Waals surface area (Å²) in [5, 5.41) is 4.24. The van der Waals surface area contributed by atoms with Gasteiger partial charge < -0.3 is 28.8 Å². The topological polar surface area (TPSA) is 71.0 Å². The number of ether oxygens (including phenoxy) is 4. The molecule has 0 spiro atoms. The van der Waals surface area contributed by atoms with Crippen LogP contribution < -0.4 is 24.3 Å². The first-order chi connectivity index (χ1) is 17.6. The minimum absolute atomic E-state index is 0.00826. The highest BCUT2D eigenvalue weighted by atomic mass is 16.7. The van der Waals surface area contributed by atoms with Gasteiger partial charge in [-0.1, -0.05) is 30.3 Å². The fourth-order valence-corrected chi connectivity index (χ4v) is 4.83. The summed E-state index contributed by atoms with van der Waals surface area (Å²) in [7, 11) is 5.27. The van der Waals surface area contributed by atoms with E-state index in [0.717, 1.165) is 33.3 Å². The second kappa shape index (κ2) is 10.2. The minimum Gasteiger partial charge on any atom is -0.493 e. The molecule has 7 heteroatoms. The fourth-order valence-electron chi connectivity index (χ4n) is 4.83. The number of carbonyl (C=O) groups excluding carboxylic acids is 1. The van der Waals surface area contributed by atoms with Crippen LogP contribution in [0.15, 0.2) is 66.9 Å². The quantitative estimate of drug-likeness (QED) is 0.368. The van der Waals surface area contributed by atoms with E-state index < -0.39 is 0 Å². The zero-order valence-electron chi connectivity index (χ0n) is 20.7. The maximum atomic E-state index is 13.2. The Bertz CT molecular complexity index is 1390. The van der Waals surface area contributed by atoms with Gasteiger partial charge in [-0.15, -0.1) is 0 Å². The first-order valence-corrected chi connectivity index (χ1v) is 12.0. The molecule has 0 saturated heterocycles. The van der Waals surface area contributed by atoms with Crippen molar-refractivity contribution in [3.8, 4) is 23.0 Å². The lowest BCUT2D eigenvalue weighted by molar-refractivity contribution is -0.121. The van der Waals surface area contributed by atoms with Crippen molar-refractivity contribution in [2.75, 3.05) is 27.6 Å². The van der Waals surface area contributed by atoms with Gasteiger partial charge in [0.1, 0.15) is 0 Å². The number of amides is 1. The van der Waals surface area contributed by atoms with E-state index in [1.165, 1.54) is 0 Å². The lowest BCUT2D eigenvalue weighted by atomic mass is 9.87. The van der Waals surface area contributed by atoms with Crippen molar-refractivity contribution in [3.63, 3.8) is 0 Å². The van der Waals surface area contributed by atoms with Crippen LogP contribution in [-0.4, -0.2) is 38.0 Å². The van der Waals surface area contributed by atoms with E-state index in [1.807, 2.05) is 55.6 Å². The van der Waals surface area contributed by atoms with Gasteiger partial charge in [0.05, 0.1) is 14.2 Å². The second-order valence-electron chi connectivity index (χ2n) is 8.87. The number of hydrogen-bond donors (Lipinski definition) is 1. The summed E-state index contributed by atoms with van der Waals surface area (Å²) < 4.78 is 23.9. The molecule has 0 aliphatic carbocycles. The van der Waals surface area contributed by atoms with E-state index in [9.17, 15) is 4.79 Å². The standard InChI is InChI=1S/C29H30N2O5/c1-31-17-23(21-6-4-5-7-24(21)31)22(20-9-11-26-28(15-20)36-18-35-26)16-29(32)30-13-12-19-8-10-25(33-2)27(14-19)34-3/h4-11,14-15,17,22H,12-13,16,18H2,1-3H3,(H,30,32)/t22-/m0/s1. The second-order valence-corrected chi connectivity index (χ2v) is 8.87. The highest BCUT2D eigenvalue weighted by molar-refractivity contribution is 5.86. The Morgan fingerprint density at radius 2 is 1.81 bits per heavy atom. The number of benzene rings is 3. The van der Waals surface area contributed by atoms with E-state index >= 15 is 0 Å². The lowest BCUT2D eigenvalue weighted by Gasteiger charge is -2.18. The monoisotopic (exact) mass is 486 g/mol. The maximum Gasteiger partial charge on any atom is 0.231 e. The van der Waals surface area contributed by atoms with Crippen LogP contribution in [0.3, 0.4) is 0 Å². The van der Waals surface area contributed by atoms with Crippen molar-refractivity contribution < 1.29 is 23.7 Å². The third-order valence-electron chi connectivity index (χ3n) is 6.68. The number of fused-ring (bicyclic) bond motifs is 2. The van der Waals surface area contributed by atoms with Crippen LogP contribution in [-0.2, 0) is 18.3 Å². The van der Waals surface area contributed by atoms with Gasteiger partial charge in [0.2, 0.25) is 12.7 Å². The highest BCUT2D eigenvalue weighted by Crippen LogP contribution is 2.40.